The average Bonchev–Trinajstić information content (AvgIpc) is 2.51. The minimum Gasteiger partial charge on any atom is -0.507 e. The zero-order chi connectivity index (χ0) is 14.0. The van der Waals surface area contributed by atoms with Crippen molar-refractivity contribution in [2.24, 2.45) is 0 Å². The lowest BCUT2D eigenvalue weighted by Crippen LogP contribution is -2.38. The smallest absolute Gasteiger partial charge is 0.258 e. The number of amides is 2. The first kappa shape index (κ1) is 13.3. The van der Waals surface area contributed by atoms with Crippen LogP contribution in [0.25, 0.3) is 0 Å². The first-order valence-corrected chi connectivity index (χ1v) is 6.01. The van der Waals surface area contributed by atoms with E-state index in [-0.39, 0.29) is 18.0 Å². The van der Waals surface area contributed by atoms with Gasteiger partial charge in [-0.05, 0) is 18.6 Å². The Kier molecular flexibility index (Phi) is 3.69. The minimum atomic E-state index is -0.610. The number of benzene rings is 1. The number of hydrogen-bond donors (Lipinski definition) is 1. The van der Waals surface area contributed by atoms with Gasteiger partial charge in [-0.2, -0.15) is 0 Å². The maximum Gasteiger partial charge on any atom is 0.258 e. The van der Waals surface area contributed by atoms with Crippen LogP contribution in [0.3, 0.4) is 0 Å². The van der Waals surface area contributed by atoms with Gasteiger partial charge < -0.3 is 14.9 Å². The molecule has 0 spiro atoms. The van der Waals surface area contributed by atoms with Gasteiger partial charge in [0.15, 0.2) is 0 Å². The summed E-state index contributed by atoms with van der Waals surface area (Å²) in [5.74, 6) is -1.62. The Bertz CT molecular complexity index is 519. The van der Waals surface area contributed by atoms with Crippen molar-refractivity contribution in [2.45, 2.75) is 6.42 Å². The highest BCUT2D eigenvalue weighted by Crippen LogP contribution is 2.20. The zero-order valence-electron chi connectivity index (χ0n) is 10.6. The van der Waals surface area contributed by atoms with Crippen molar-refractivity contribution < 1.29 is 19.1 Å². The van der Waals surface area contributed by atoms with Crippen LogP contribution in [0.1, 0.15) is 16.8 Å². The third-order valence-corrected chi connectivity index (χ3v) is 3.15. The molecule has 19 heavy (non-hydrogen) atoms. The Morgan fingerprint density at radius 3 is 2.79 bits per heavy atom. The van der Waals surface area contributed by atoms with E-state index in [4.69, 9.17) is 0 Å². The number of nitrogens with zero attached hydrogens (tertiary/aromatic N) is 2. The highest BCUT2D eigenvalue weighted by Gasteiger charge is 2.25. The first-order valence-electron chi connectivity index (χ1n) is 6.01. The number of phenols is 1. The van der Waals surface area contributed by atoms with Gasteiger partial charge in [-0.1, -0.05) is 0 Å². The van der Waals surface area contributed by atoms with Gasteiger partial charge in [0, 0.05) is 26.2 Å². The molecule has 1 aliphatic heterocycles. The summed E-state index contributed by atoms with van der Waals surface area (Å²) in [6.07, 6.45) is 0.677. The van der Waals surface area contributed by atoms with E-state index in [9.17, 15) is 19.1 Å². The molecular formula is C13H15FN2O3. The molecule has 0 aliphatic carbocycles. The normalized spacial score (nSPS) is 16.4. The molecule has 0 unspecified atom stereocenters. The molecule has 2 amide bonds. The number of likely N-dealkylation sites (N-methyl/N-ethyl adjacent to an activating group) is 1. The van der Waals surface area contributed by atoms with Gasteiger partial charge in [-0.25, -0.2) is 4.39 Å². The van der Waals surface area contributed by atoms with E-state index < -0.39 is 17.5 Å². The van der Waals surface area contributed by atoms with E-state index in [1.165, 1.54) is 11.0 Å². The lowest BCUT2D eigenvalue weighted by atomic mass is 10.1. The van der Waals surface area contributed by atoms with Crippen LogP contribution in [-0.2, 0) is 4.79 Å². The molecule has 2 rings (SSSR count). The van der Waals surface area contributed by atoms with Crippen LogP contribution < -0.4 is 0 Å². The summed E-state index contributed by atoms with van der Waals surface area (Å²) in [6.45, 7) is 1.01. The minimum absolute atomic E-state index is 0.0127. The van der Waals surface area contributed by atoms with Crippen molar-refractivity contribution in [2.75, 3.05) is 26.7 Å². The first-order chi connectivity index (χ1) is 8.99. The van der Waals surface area contributed by atoms with E-state index in [0.29, 0.717) is 19.5 Å². The Morgan fingerprint density at radius 1 is 1.37 bits per heavy atom. The zero-order valence-corrected chi connectivity index (χ0v) is 10.6. The molecule has 1 aromatic carbocycles. The van der Waals surface area contributed by atoms with Gasteiger partial charge in [-0.15, -0.1) is 0 Å². The highest BCUT2D eigenvalue weighted by molar-refractivity contribution is 5.98. The van der Waals surface area contributed by atoms with Gasteiger partial charge in [0.2, 0.25) is 5.91 Å². The van der Waals surface area contributed by atoms with Crippen LogP contribution in [-0.4, -0.2) is 53.4 Å². The second-order valence-electron chi connectivity index (χ2n) is 4.56. The van der Waals surface area contributed by atoms with E-state index in [0.717, 1.165) is 12.1 Å². The molecule has 0 radical (unpaired) electrons. The Balaban J connectivity index is 2.21. The molecule has 0 bridgehead atoms. The van der Waals surface area contributed by atoms with Crippen LogP contribution in [0.2, 0.25) is 0 Å². The van der Waals surface area contributed by atoms with E-state index >= 15 is 0 Å². The number of carbonyl (C=O) groups excluding carboxylic acids is 2. The summed E-state index contributed by atoms with van der Waals surface area (Å²) >= 11 is 0. The van der Waals surface area contributed by atoms with Crippen molar-refractivity contribution in [3.8, 4) is 5.75 Å². The number of rotatable bonds is 1. The molecule has 5 nitrogen and oxygen atoms in total. The maximum atomic E-state index is 12.9. The number of halogens is 1. The Labute approximate surface area is 110 Å². The summed E-state index contributed by atoms with van der Waals surface area (Å²) in [7, 11) is 1.69. The quantitative estimate of drug-likeness (QED) is 0.819. The summed E-state index contributed by atoms with van der Waals surface area (Å²) in [5.41, 5.74) is 0.0127. The molecule has 1 N–H and O–H groups in total. The van der Waals surface area contributed by atoms with Gasteiger partial charge in [0.25, 0.3) is 5.91 Å². The molecule has 1 saturated heterocycles. The van der Waals surface area contributed by atoms with Crippen molar-refractivity contribution in [1.82, 2.24) is 9.80 Å². The van der Waals surface area contributed by atoms with Gasteiger partial charge in [0.1, 0.15) is 18.1 Å². The third kappa shape index (κ3) is 2.83. The molecular weight excluding hydrogens is 251 g/mol. The summed E-state index contributed by atoms with van der Waals surface area (Å²) < 4.78 is 12.9. The molecule has 6 heteroatoms. The number of phenolic OH excluding ortho intramolecular Hbond substituents is 1. The van der Waals surface area contributed by atoms with Crippen molar-refractivity contribution in [3.05, 3.63) is 29.6 Å². The average molecular weight is 266 g/mol. The number of carbonyl (C=O) groups is 2. The largest absolute Gasteiger partial charge is 0.507 e. The summed E-state index contributed by atoms with van der Waals surface area (Å²) in [6, 6.07) is 3.23. The van der Waals surface area contributed by atoms with Crippen LogP contribution in [0.5, 0.6) is 5.75 Å². The predicted octanol–water partition coefficient (Wildman–Crippen LogP) is 0.836. The molecule has 1 aliphatic rings. The number of aromatic hydroxyl groups is 1. The second kappa shape index (κ2) is 5.26. The molecule has 0 saturated carbocycles. The lowest BCUT2D eigenvalue weighted by Gasteiger charge is -2.20. The van der Waals surface area contributed by atoms with E-state index in [2.05, 4.69) is 0 Å². The van der Waals surface area contributed by atoms with E-state index in [1.54, 1.807) is 11.9 Å². The lowest BCUT2D eigenvalue weighted by molar-refractivity contribution is -0.129. The van der Waals surface area contributed by atoms with Crippen molar-refractivity contribution in [3.63, 3.8) is 0 Å². The fraction of sp³-hybridized carbons (Fsp3) is 0.385. The highest BCUT2D eigenvalue weighted by atomic mass is 19.1. The summed E-state index contributed by atoms with van der Waals surface area (Å²) in [5, 5.41) is 9.60. The van der Waals surface area contributed by atoms with Crippen molar-refractivity contribution >= 4 is 11.8 Å². The van der Waals surface area contributed by atoms with Crippen LogP contribution in [0, 0.1) is 5.82 Å². The van der Waals surface area contributed by atoms with E-state index in [1.807, 2.05) is 0 Å². The molecule has 1 fully saturated rings. The van der Waals surface area contributed by atoms with Crippen LogP contribution in [0.15, 0.2) is 18.2 Å². The third-order valence-electron chi connectivity index (χ3n) is 3.15. The second-order valence-corrected chi connectivity index (χ2v) is 4.56. The monoisotopic (exact) mass is 266 g/mol. The maximum absolute atomic E-state index is 12.9. The topological polar surface area (TPSA) is 60.9 Å². The molecule has 0 atom stereocenters. The molecule has 102 valence electrons. The Hall–Kier alpha value is -2.11. The standard InChI is InChI=1S/C13H15FN2O3/c1-15-5-2-6-16(8-12(15)18)13(19)10-4-3-9(14)7-11(10)17/h3-4,7,17H,2,5-6,8H2,1H3. The SMILES string of the molecule is CN1CCCN(C(=O)c2ccc(F)cc2O)CC1=O. The van der Waals surface area contributed by atoms with Gasteiger partial charge in [-0.3, -0.25) is 9.59 Å². The van der Waals surface area contributed by atoms with Crippen LogP contribution in [0.4, 0.5) is 4.39 Å². The fourth-order valence-corrected chi connectivity index (χ4v) is 2.02. The van der Waals surface area contributed by atoms with Crippen molar-refractivity contribution in [1.29, 1.82) is 0 Å². The number of hydrogen-bond acceptors (Lipinski definition) is 3. The van der Waals surface area contributed by atoms with Crippen LogP contribution >= 0.6 is 0 Å². The van der Waals surface area contributed by atoms with Gasteiger partial charge >= 0.3 is 0 Å². The predicted molar refractivity (Wildman–Crippen MR) is 66.2 cm³/mol. The summed E-state index contributed by atoms with van der Waals surface area (Å²) in [4.78, 5) is 26.9. The Morgan fingerprint density at radius 2 is 2.11 bits per heavy atom. The molecule has 1 heterocycles. The molecule has 0 aromatic heterocycles. The molecule has 1 aromatic rings. The fourth-order valence-electron chi connectivity index (χ4n) is 2.02. The van der Waals surface area contributed by atoms with Gasteiger partial charge in [0.05, 0.1) is 5.56 Å².